The number of rotatable bonds is 4. The van der Waals surface area contributed by atoms with Gasteiger partial charge in [0.15, 0.2) is 0 Å². The molecule has 108 valence electrons. The van der Waals surface area contributed by atoms with E-state index in [1.807, 2.05) is 35.1 Å². The molecule has 1 saturated heterocycles. The van der Waals surface area contributed by atoms with Crippen LogP contribution in [0.4, 0.5) is 0 Å². The zero-order chi connectivity index (χ0) is 14.0. The number of aliphatic hydroxyl groups excluding tert-OH is 1. The van der Waals surface area contributed by atoms with E-state index in [0.29, 0.717) is 22.2 Å². The minimum Gasteiger partial charge on any atom is -0.392 e. The molecule has 0 saturated carbocycles. The van der Waals surface area contributed by atoms with Crippen LogP contribution in [0.5, 0.6) is 0 Å². The number of hydrogen-bond donors (Lipinski definition) is 1. The molecule has 1 fully saturated rings. The third-order valence-electron chi connectivity index (χ3n) is 3.71. The van der Waals surface area contributed by atoms with Gasteiger partial charge in [0.1, 0.15) is 0 Å². The highest BCUT2D eigenvalue weighted by Crippen LogP contribution is 2.37. The molecule has 1 aliphatic rings. The zero-order valence-electron chi connectivity index (χ0n) is 12.2. The lowest BCUT2D eigenvalue weighted by atomic mass is 10.1. The molecule has 2 heterocycles. The first-order chi connectivity index (χ1) is 9.01. The van der Waals surface area contributed by atoms with Crippen LogP contribution in [-0.2, 0) is 13.0 Å². The first-order valence-electron chi connectivity index (χ1n) is 6.99. The fraction of sp³-hybridized carbons (Fsp3) is 0.786. The van der Waals surface area contributed by atoms with Crippen molar-refractivity contribution in [1.29, 1.82) is 0 Å². The van der Waals surface area contributed by atoms with Gasteiger partial charge in [-0.15, -0.1) is 0 Å². The van der Waals surface area contributed by atoms with Crippen molar-refractivity contribution in [2.75, 3.05) is 5.75 Å². The molecule has 3 nitrogen and oxygen atoms in total. The van der Waals surface area contributed by atoms with Crippen LogP contribution in [0.15, 0.2) is 6.07 Å². The largest absolute Gasteiger partial charge is 0.392 e. The highest BCUT2D eigenvalue weighted by Gasteiger charge is 2.30. The monoisotopic (exact) mass is 300 g/mol. The van der Waals surface area contributed by atoms with Crippen molar-refractivity contribution in [3.63, 3.8) is 0 Å². The Balaban J connectivity index is 1.98. The summed E-state index contributed by atoms with van der Waals surface area (Å²) in [6.07, 6.45) is 0.447. The third-order valence-corrected chi connectivity index (χ3v) is 7.24. The van der Waals surface area contributed by atoms with E-state index in [2.05, 4.69) is 31.9 Å². The van der Waals surface area contributed by atoms with Crippen molar-refractivity contribution in [2.45, 2.75) is 62.5 Å². The van der Waals surface area contributed by atoms with Crippen LogP contribution in [0.3, 0.4) is 0 Å². The maximum Gasteiger partial charge on any atom is 0.0722 e. The quantitative estimate of drug-likeness (QED) is 0.928. The highest BCUT2D eigenvalue weighted by molar-refractivity contribution is 8.07. The predicted molar refractivity (Wildman–Crippen MR) is 85.1 cm³/mol. The Morgan fingerprint density at radius 2 is 2.21 bits per heavy atom. The van der Waals surface area contributed by atoms with E-state index in [0.717, 1.165) is 23.7 Å². The van der Waals surface area contributed by atoms with Crippen molar-refractivity contribution in [2.24, 2.45) is 0 Å². The molecular formula is C14H24N2OS2. The van der Waals surface area contributed by atoms with Gasteiger partial charge >= 0.3 is 0 Å². The molecule has 2 rings (SSSR count). The molecule has 0 spiro atoms. The summed E-state index contributed by atoms with van der Waals surface area (Å²) in [5.41, 5.74) is 2.20. The lowest BCUT2D eigenvalue weighted by Crippen LogP contribution is -2.36. The number of hydrogen-bond acceptors (Lipinski definition) is 4. The van der Waals surface area contributed by atoms with E-state index in [-0.39, 0.29) is 6.10 Å². The second-order valence-corrected chi connectivity index (χ2v) is 8.31. The van der Waals surface area contributed by atoms with E-state index < -0.39 is 0 Å². The molecule has 0 bridgehead atoms. The molecule has 0 aromatic carbocycles. The smallest absolute Gasteiger partial charge is 0.0722 e. The van der Waals surface area contributed by atoms with E-state index >= 15 is 0 Å². The summed E-state index contributed by atoms with van der Waals surface area (Å²) in [4.78, 5) is 0. The van der Waals surface area contributed by atoms with Gasteiger partial charge in [-0.2, -0.15) is 28.6 Å². The van der Waals surface area contributed by atoms with Gasteiger partial charge in [-0.25, -0.2) is 0 Å². The third kappa shape index (κ3) is 3.70. The lowest BCUT2D eigenvalue weighted by molar-refractivity contribution is 0.174. The normalized spacial score (nSPS) is 29.4. The number of aromatic nitrogens is 2. The van der Waals surface area contributed by atoms with Crippen molar-refractivity contribution in [3.05, 3.63) is 17.5 Å². The summed E-state index contributed by atoms with van der Waals surface area (Å²) in [7, 11) is 0. The Hall–Kier alpha value is -0.130. The minimum atomic E-state index is -0.270. The fourth-order valence-corrected chi connectivity index (χ4v) is 5.41. The van der Waals surface area contributed by atoms with Crippen molar-refractivity contribution < 1.29 is 5.11 Å². The van der Waals surface area contributed by atoms with Gasteiger partial charge in [-0.05, 0) is 19.9 Å². The molecule has 4 unspecified atom stereocenters. The van der Waals surface area contributed by atoms with E-state index in [1.165, 1.54) is 0 Å². The summed E-state index contributed by atoms with van der Waals surface area (Å²) in [6, 6.07) is 2.10. The molecule has 0 radical (unpaired) electrons. The maximum absolute atomic E-state index is 10.5. The molecule has 1 aliphatic heterocycles. The molecule has 1 aromatic rings. The summed E-state index contributed by atoms with van der Waals surface area (Å²) in [5, 5.41) is 16.6. The second-order valence-electron chi connectivity index (χ2n) is 5.28. The zero-order valence-corrected chi connectivity index (χ0v) is 13.8. The fourth-order valence-electron chi connectivity index (χ4n) is 2.39. The first-order valence-corrected chi connectivity index (χ1v) is 8.98. The summed E-state index contributed by atoms with van der Waals surface area (Å²) in [6.45, 7) is 9.52. The molecule has 0 amide bonds. The minimum absolute atomic E-state index is 0.270. The molecule has 5 heteroatoms. The van der Waals surface area contributed by atoms with Crippen LogP contribution in [0.2, 0.25) is 0 Å². The van der Waals surface area contributed by atoms with E-state index in [4.69, 9.17) is 0 Å². The lowest BCUT2D eigenvalue weighted by Gasteiger charge is -2.33. The molecule has 1 N–H and O–H groups in total. The molecule has 19 heavy (non-hydrogen) atoms. The Morgan fingerprint density at radius 1 is 1.47 bits per heavy atom. The van der Waals surface area contributed by atoms with Crippen LogP contribution in [0.25, 0.3) is 0 Å². The average Bonchev–Trinajstić information content (AvgIpc) is 2.72. The number of aryl methyl sites for hydroxylation is 2. The molecular weight excluding hydrogens is 276 g/mol. The van der Waals surface area contributed by atoms with Crippen LogP contribution in [0.1, 0.15) is 32.2 Å². The van der Waals surface area contributed by atoms with Crippen LogP contribution < -0.4 is 0 Å². The summed E-state index contributed by atoms with van der Waals surface area (Å²) in [5.74, 6) is 1.05. The van der Waals surface area contributed by atoms with Gasteiger partial charge in [-0.3, -0.25) is 4.68 Å². The average molecular weight is 300 g/mol. The van der Waals surface area contributed by atoms with Crippen LogP contribution in [-0.4, -0.2) is 42.5 Å². The van der Waals surface area contributed by atoms with Crippen LogP contribution >= 0.6 is 23.5 Å². The topological polar surface area (TPSA) is 38.0 Å². The van der Waals surface area contributed by atoms with E-state index in [1.54, 1.807) is 0 Å². The van der Waals surface area contributed by atoms with Gasteiger partial charge in [0.25, 0.3) is 0 Å². The maximum atomic E-state index is 10.5. The SMILES string of the molecule is CCn1nc(C)cc1CC(O)C1CSC(C)C(C)S1. The predicted octanol–water partition coefficient (Wildman–Crippen LogP) is 2.74. The van der Waals surface area contributed by atoms with Crippen LogP contribution in [0, 0.1) is 6.92 Å². The highest BCUT2D eigenvalue weighted by atomic mass is 32.2. The summed E-state index contributed by atoms with van der Waals surface area (Å²) >= 11 is 3.93. The van der Waals surface area contributed by atoms with E-state index in [9.17, 15) is 5.11 Å². The van der Waals surface area contributed by atoms with Crippen molar-refractivity contribution in [1.82, 2.24) is 9.78 Å². The number of aliphatic hydroxyl groups is 1. The Bertz CT molecular complexity index is 422. The van der Waals surface area contributed by atoms with Gasteiger partial charge in [-0.1, -0.05) is 13.8 Å². The van der Waals surface area contributed by atoms with Crippen molar-refractivity contribution in [3.8, 4) is 0 Å². The van der Waals surface area contributed by atoms with Crippen molar-refractivity contribution >= 4 is 23.5 Å². The van der Waals surface area contributed by atoms with Gasteiger partial charge in [0.2, 0.25) is 0 Å². The second kappa shape index (κ2) is 6.55. The number of nitrogens with zero attached hydrogens (tertiary/aromatic N) is 2. The first kappa shape index (κ1) is 15.3. The summed E-state index contributed by atoms with van der Waals surface area (Å²) < 4.78 is 2.01. The Kier molecular flexibility index (Phi) is 5.26. The molecule has 0 aliphatic carbocycles. The Labute approximate surface area is 124 Å². The number of thioether (sulfide) groups is 2. The molecule has 1 aromatic heterocycles. The van der Waals surface area contributed by atoms with Gasteiger partial charge < -0.3 is 5.11 Å². The van der Waals surface area contributed by atoms with Gasteiger partial charge in [0.05, 0.1) is 11.8 Å². The molecule has 4 atom stereocenters. The Morgan fingerprint density at radius 3 is 2.84 bits per heavy atom. The standard InChI is InChI=1S/C14H24N2OS2/c1-5-16-12(6-9(2)15-16)7-13(17)14-8-18-10(3)11(4)19-14/h6,10-11,13-14,17H,5,7-8H2,1-4H3. The van der Waals surface area contributed by atoms with Gasteiger partial charge in [0, 0.05) is 40.2 Å².